The van der Waals surface area contributed by atoms with Gasteiger partial charge in [-0.3, -0.25) is 4.98 Å². The van der Waals surface area contributed by atoms with Gasteiger partial charge in [-0.05, 0) is 79.8 Å². The second-order valence-corrected chi connectivity index (χ2v) is 9.68. The number of nitrogens with one attached hydrogen (secondary N) is 1. The van der Waals surface area contributed by atoms with E-state index in [0.717, 1.165) is 32.1 Å². The third-order valence-corrected chi connectivity index (χ3v) is 6.97. The summed E-state index contributed by atoms with van der Waals surface area (Å²) in [6.45, 7) is 2.06. The van der Waals surface area contributed by atoms with E-state index in [1.54, 1.807) is 17.5 Å². The fraction of sp³-hybridized carbons (Fsp3) is 0.120. The van der Waals surface area contributed by atoms with E-state index < -0.39 is 0 Å². The minimum Gasteiger partial charge on any atom is -0.457 e. The second-order valence-electron chi connectivity index (χ2n) is 7.55. The number of thiophene rings is 1. The molecule has 2 aromatic heterocycles. The molecule has 1 aliphatic rings. The van der Waals surface area contributed by atoms with Gasteiger partial charge in [0.15, 0.2) is 5.11 Å². The predicted octanol–water partition coefficient (Wildman–Crippen LogP) is 7.07. The number of nitrogens with zero attached hydrogens (tertiary/aromatic N) is 2. The van der Waals surface area contributed by atoms with Crippen LogP contribution in [-0.4, -0.2) is 10.1 Å². The van der Waals surface area contributed by atoms with E-state index in [1.807, 2.05) is 72.8 Å². The molecule has 1 saturated heterocycles. The van der Waals surface area contributed by atoms with E-state index in [1.165, 1.54) is 5.56 Å². The van der Waals surface area contributed by atoms with Crippen molar-refractivity contribution in [3.63, 3.8) is 0 Å². The number of hydrogen-bond acceptors (Lipinski definition) is 4. The van der Waals surface area contributed by atoms with E-state index in [4.69, 9.17) is 28.6 Å². The zero-order chi connectivity index (χ0) is 22.1. The van der Waals surface area contributed by atoms with Crippen molar-refractivity contribution in [2.75, 3.05) is 4.90 Å². The van der Waals surface area contributed by atoms with Crippen molar-refractivity contribution in [1.29, 1.82) is 0 Å². The lowest BCUT2D eigenvalue weighted by Gasteiger charge is -2.27. The molecule has 1 aliphatic heterocycles. The Balaban J connectivity index is 1.46. The Morgan fingerprint density at radius 3 is 2.31 bits per heavy atom. The van der Waals surface area contributed by atoms with E-state index in [-0.39, 0.29) is 12.1 Å². The molecule has 0 unspecified atom stereocenters. The van der Waals surface area contributed by atoms with Crippen molar-refractivity contribution < 1.29 is 4.74 Å². The van der Waals surface area contributed by atoms with Gasteiger partial charge in [-0.1, -0.05) is 35.4 Å². The van der Waals surface area contributed by atoms with Gasteiger partial charge in [0.1, 0.15) is 11.5 Å². The third kappa shape index (κ3) is 4.21. The van der Waals surface area contributed by atoms with Crippen molar-refractivity contribution in [2.45, 2.75) is 19.0 Å². The summed E-state index contributed by atoms with van der Waals surface area (Å²) >= 11 is 13.6. The summed E-state index contributed by atoms with van der Waals surface area (Å²) in [4.78, 5) is 7.83. The first-order chi connectivity index (χ1) is 15.6. The number of anilines is 1. The summed E-state index contributed by atoms with van der Waals surface area (Å²) < 4.78 is 6.74. The Labute approximate surface area is 201 Å². The predicted molar refractivity (Wildman–Crippen MR) is 135 cm³/mol. The highest BCUT2D eigenvalue weighted by atomic mass is 35.5. The van der Waals surface area contributed by atoms with Gasteiger partial charge in [-0.2, -0.15) is 0 Å². The first-order valence-electron chi connectivity index (χ1n) is 10.2. The molecule has 32 heavy (non-hydrogen) atoms. The van der Waals surface area contributed by atoms with Gasteiger partial charge >= 0.3 is 0 Å². The molecule has 7 heteroatoms. The number of ether oxygens (including phenoxy) is 1. The highest BCUT2D eigenvalue weighted by Gasteiger charge is 2.41. The summed E-state index contributed by atoms with van der Waals surface area (Å²) in [7, 11) is 0. The second kappa shape index (κ2) is 8.90. The number of benzene rings is 2. The zero-order valence-electron chi connectivity index (χ0n) is 17.2. The standard InChI is InChI=1S/C25H20ClN3OS2/c1-16-5-9-18(10-6-16)30-19-11-7-17(8-12-19)29-24(21-13-14-22(26)32-21)23(28-25(29)31)20-4-2-3-15-27-20/h2-15,23-24H,1H3,(H,28,31)/t23-,24-/m0/s1. The van der Waals surface area contributed by atoms with Gasteiger partial charge in [-0.15, -0.1) is 11.3 Å². The van der Waals surface area contributed by atoms with Crippen molar-refractivity contribution in [3.8, 4) is 11.5 Å². The number of halogens is 1. The summed E-state index contributed by atoms with van der Waals surface area (Å²) in [6.07, 6.45) is 1.80. The molecule has 4 aromatic rings. The molecule has 1 fully saturated rings. The molecular weight excluding hydrogens is 458 g/mol. The molecule has 5 rings (SSSR count). The highest BCUT2D eigenvalue weighted by Crippen LogP contribution is 2.44. The Morgan fingerprint density at radius 1 is 0.969 bits per heavy atom. The Bertz CT molecular complexity index is 1230. The van der Waals surface area contributed by atoms with Crippen molar-refractivity contribution in [3.05, 3.63) is 106 Å². The van der Waals surface area contributed by atoms with Gasteiger partial charge in [0.2, 0.25) is 0 Å². The minimum atomic E-state index is -0.0816. The van der Waals surface area contributed by atoms with Crippen molar-refractivity contribution >= 4 is 46.0 Å². The van der Waals surface area contributed by atoms with Crippen LogP contribution in [-0.2, 0) is 0 Å². The van der Waals surface area contributed by atoms with Gasteiger partial charge in [0, 0.05) is 16.8 Å². The number of pyridine rings is 1. The van der Waals surface area contributed by atoms with Crippen LogP contribution in [0.25, 0.3) is 0 Å². The average molecular weight is 478 g/mol. The monoisotopic (exact) mass is 477 g/mol. The molecule has 0 aliphatic carbocycles. The Morgan fingerprint density at radius 2 is 1.69 bits per heavy atom. The number of rotatable bonds is 5. The lowest BCUT2D eigenvalue weighted by molar-refractivity contribution is 0.482. The molecule has 0 saturated carbocycles. The quantitative estimate of drug-likeness (QED) is 0.311. The first kappa shape index (κ1) is 20.9. The van der Waals surface area contributed by atoms with Crippen LogP contribution >= 0.6 is 35.2 Å². The summed E-state index contributed by atoms with van der Waals surface area (Å²) in [5.74, 6) is 1.58. The van der Waals surface area contributed by atoms with Crippen molar-refractivity contribution in [1.82, 2.24) is 10.3 Å². The van der Waals surface area contributed by atoms with Gasteiger partial charge in [-0.25, -0.2) is 0 Å². The maximum atomic E-state index is 6.28. The first-order valence-corrected chi connectivity index (χ1v) is 11.8. The van der Waals surface area contributed by atoms with Crippen LogP contribution in [0.5, 0.6) is 11.5 Å². The fourth-order valence-electron chi connectivity index (χ4n) is 3.83. The summed E-state index contributed by atoms with van der Waals surface area (Å²) in [5, 5.41) is 4.12. The Hall–Kier alpha value is -2.93. The number of aryl methyl sites for hydroxylation is 1. The molecule has 2 aromatic carbocycles. The molecule has 4 nitrogen and oxygen atoms in total. The van der Waals surface area contributed by atoms with E-state index in [2.05, 4.69) is 28.2 Å². The third-order valence-electron chi connectivity index (χ3n) is 5.36. The number of thiocarbonyl (C=S) groups is 1. The topological polar surface area (TPSA) is 37.4 Å². The van der Waals surface area contributed by atoms with Crippen LogP contribution in [0.4, 0.5) is 5.69 Å². The molecule has 2 atom stereocenters. The molecular formula is C25H20ClN3OS2. The molecule has 1 N–H and O–H groups in total. The molecule has 0 spiro atoms. The summed E-state index contributed by atoms with van der Waals surface area (Å²) in [5.41, 5.74) is 3.11. The normalized spacial score (nSPS) is 17.9. The smallest absolute Gasteiger partial charge is 0.174 e. The average Bonchev–Trinajstić information content (AvgIpc) is 3.39. The van der Waals surface area contributed by atoms with Crippen LogP contribution in [0.1, 0.15) is 28.2 Å². The largest absolute Gasteiger partial charge is 0.457 e. The van der Waals surface area contributed by atoms with Crippen LogP contribution in [0.3, 0.4) is 0 Å². The lowest BCUT2D eigenvalue weighted by atomic mass is 10.0. The van der Waals surface area contributed by atoms with Crippen LogP contribution in [0, 0.1) is 6.92 Å². The SMILES string of the molecule is Cc1ccc(Oc2ccc(N3C(=S)N[C@@H](c4ccccn4)[C@@H]3c3ccc(Cl)s3)cc2)cc1. The number of aromatic nitrogens is 1. The van der Waals surface area contributed by atoms with E-state index in [9.17, 15) is 0 Å². The molecule has 160 valence electrons. The van der Waals surface area contributed by atoms with E-state index >= 15 is 0 Å². The molecule has 0 amide bonds. The lowest BCUT2D eigenvalue weighted by Crippen LogP contribution is -2.28. The summed E-state index contributed by atoms with van der Waals surface area (Å²) in [6, 6.07) is 25.8. The maximum absolute atomic E-state index is 6.28. The highest BCUT2D eigenvalue weighted by molar-refractivity contribution is 7.80. The van der Waals surface area contributed by atoms with Crippen molar-refractivity contribution in [2.24, 2.45) is 0 Å². The van der Waals surface area contributed by atoms with E-state index in [0.29, 0.717) is 5.11 Å². The Kier molecular flexibility index (Phi) is 5.83. The van der Waals surface area contributed by atoms with Gasteiger partial charge in [0.05, 0.1) is 22.1 Å². The molecule has 0 bridgehead atoms. The van der Waals surface area contributed by atoms with Crippen LogP contribution < -0.4 is 15.0 Å². The zero-order valence-corrected chi connectivity index (χ0v) is 19.6. The van der Waals surface area contributed by atoms with Crippen LogP contribution in [0.2, 0.25) is 4.34 Å². The minimum absolute atomic E-state index is 0.0567. The maximum Gasteiger partial charge on any atom is 0.174 e. The van der Waals surface area contributed by atoms with Crippen LogP contribution in [0.15, 0.2) is 85.1 Å². The molecule has 3 heterocycles. The van der Waals surface area contributed by atoms with Gasteiger partial charge < -0.3 is 15.0 Å². The van der Waals surface area contributed by atoms with Gasteiger partial charge in [0.25, 0.3) is 0 Å². The fourth-order valence-corrected chi connectivity index (χ4v) is 5.36. The number of hydrogen-bond donors (Lipinski definition) is 1. The molecule has 0 radical (unpaired) electrons.